The Hall–Kier alpha value is -0.870. The molecule has 18 heavy (non-hydrogen) atoms. The van der Waals surface area contributed by atoms with Crippen molar-refractivity contribution in [2.24, 2.45) is 17.6 Å². The van der Waals surface area contributed by atoms with Gasteiger partial charge in [-0.25, -0.2) is 8.42 Å². The molecule has 2 atom stereocenters. The molecular formula is C14H21NO2S. The van der Waals surface area contributed by atoms with Crippen molar-refractivity contribution in [1.29, 1.82) is 0 Å². The number of sulfone groups is 1. The van der Waals surface area contributed by atoms with Gasteiger partial charge in [-0.2, -0.15) is 0 Å². The van der Waals surface area contributed by atoms with Crippen LogP contribution in [0.4, 0.5) is 0 Å². The first kappa shape index (κ1) is 13.6. The predicted octanol–water partition coefficient (Wildman–Crippen LogP) is 2.18. The molecule has 3 nitrogen and oxygen atoms in total. The first-order chi connectivity index (χ1) is 8.45. The second kappa shape index (κ2) is 5.02. The van der Waals surface area contributed by atoms with Gasteiger partial charge in [0.2, 0.25) is 0 Å². The van der Waals surface area contributed by atoms with Gasteiger partial charge in [-0.3, -0.25) is 0 Å². The summed E-state index contributed by atoms with van der Waals surface area (Å²) in [6, 6.07) is 7.36. The van der Waals surface area contributed by atoms with Gasteiger partial charge in [-0.1, -0.05) is 32.0 Å². The highest BCUT2D eigenvalue weighted by Gasteiger charge is 2.38. The number of hydrogen-bond acceptors (Lipinski definition) is 3. The van der Waals surface area contributed by atoms with Crippen LogP contribution in [0.15, 0.2) is 29.2 Å². The Bertz CT molecular complexity index is 522. The van der Waals surface area contributed by atoms with E-state index in [4.69, 9.17) is 5.73 Å². The third-order valence-corrected chi connectivity index (χ3v) is 5.54. The maximum Gasteiger partial charge on any atom is 0.179 e. The average molecular weight is 267 g/mol. The summed E-state index contributed by atoms with van der Waals surface area (Å²) < 4.78 is 24.3. The molecule has 0 saturated carbocycles. The van der Waals surface area contributed by atoms with Gasteiger partial charge in [0.25, 0.3) is 0 Å². The highest BCUT2D eigenvalue weighted by Crippen LogP contribution is 2.40. The Morgan fingerprint density at radius 1 is 1.33 bits per heavy atom. The Balaban J connectivity index is 2.37. The van der Waals surface area contributed by atoms with Crippen LogP contribution in [0.5, 0.6) is 0 Å². The summed E-state index contributed by atoms with van der Waals surface area (Å²) in [4.78, 5) is 0.511. The van der Waals surface area contributed by atoms with Crippen LogP contribution in [0, 0.1) is 11.8 Å². The molecule has 100 valence electrons. The molecule has 0 aliphatic carbocycles. The molecule has 1 aliphatic heterocycles. The summed E-state index contributed by atoms with van der Waals surface area (Å²) in [5.41, 5.74) is 6.82. The van der Waals surface area contributed by atoms with Crippen molar-refractivity contribution < 1.29 is 8.42 Å². The molecule has 1 aliphatic rings. The molecule has 0 saturated heterocycles. The van der Waals surface area contributed by atoms with E-state index in [1.807, 2.05) is 12.1 Å². The molecule has 2 unspecified atom stereocenters. The molecule has 0 bridgehead atoms. The fourth-order valence-electron chi connectivity index (χ4n) is 2.91. The van der Waals surface area contributed by atoms with Crippen LogP contribution >= 0.6 is 0 Å². The van der Waals surface area contributed by atoms with Crippen LogP contribution in [-0.2, 0) is 9.84 Å². The van der Waals surface area contributed by atoms with Gasteiger partial charge in [-0.15, -0.1) is 0 Å². The number of fused-ring (bicyclic) bond motifs is 1. The van der Waals surface area contributed by atoms with E-state index in [0.29, 0.717) is 17.4 Å². The Kier molecular flexibility index (Phi) is 3.78. The molecule has 0 amide bonds. The second-order valence-electron chi connectivity index (χ2n) is 5.55. The Morgan fingerprint density at radius 2 is 2.00 bits per heavy atom. The van der Waals surface area contributed by atoms with E-state index in [1.54, 1.807) is 12.1 Å². The number of hydrogen-bond donors (Lipinski definition) is 1. The predicted molar refractivity (Wildman–Crippen MR) is 73.2 cm³/mol. The first-order valence-electron chi connectivity index (χ1n) is 6.47. The SMILES string of the molecule is CC(C)CC(CN)C1CS(=O)(=O)c2ccccc21. The number of benzene rings is 1. The van der Waals surface area contributed by atoms with E-state index in [2.05, 4.69) is 13.8 Å². The smallest absolute Gasteiger partial charge is 0.179 e. The van der Waals surface area contributed by atoms with E-state index < -0.39 is 9.84 Å². The van der Waals surface area contributed by atoms with Gasteiger partial charge in [0.1, 0.15) is 0 Å². The van der Waals surface area contributed by atoms with E-state index in [1.165, 1.54) is 0 Å². The van der Waals surface area contributed by atoms with E-state index in [-0.39, 0.29) is 17.6 Å². The van der Waals surface area contributed by atoms with Gasteiger partial charge in [0, 0.05) is 5.92 Å². The van der Waals surface area contributed by atoms with Gasteiger partial charge in [0.15, 0.2) is 9.84 Å². The van der Waals surface area contributed by atoms with Crippen molar-refractivity contribution in [2.75, 3.05) is 12.3 Å². The molecule has 4 heteroatoms. The minimum absolute atomic E-state index is 0.0681. The van der Waals surface area contributed by atoms with Gasteiger partial charge in [-0.05, 0) is 36.4 Å². The van der Waals surface area contributed by atoms with Crippen molar-refractivity contribution in [3.8, 4) is 0 Å². The largest absolute Gasteiger partial charge is 0.330 e. The lowest BCUT2D eigenvalue weighted by molar-refractivity contribution is 0.370. The maximum absolute atomic E-state index is 12.1. The van der Waals surface area contributed by atoms with Crippen molar-refractivity contribution in [2.45, 2.75) is 31.1 Å². The van der Waals surface area contributed by atoms with Crippen molar-refractivity contribution >= 4 is 9.84 Å². The molecule has 2 N–H and O–H groups in total. The Morgan fingerprint density at radius 3 is 2.61 bits per heavy atom. The quantitative estimate of drug-likeness (QED) is 0.909. The van der Waals surface area contributed by atoms with Crippen LogP contribution in [0.25, 0.3) is 0 Å². The van der Waals surface area contributed by atoms with E-state index in [0.717, 1.165) is 12.0 Å². The normalized spacial score (nSPS) is 23.0. The maximum atomic E-state index is 12.1. The molecule has 1 heterocycles. The van der Waals surface area contributed by atoms with Crippen LogP contribution in [-0.4, -0.2) is 20.7 Å². The Labute approximate surface area is 109 Å². The summed E-state index contributed by atoms with van der Waals surface area (Å²) in [5, 5.41) is 0. The number of rotatable bonds is 4. The molecule has 1 aromatic carbocycles. The average Bonchev–Trinajstić information content (AvgIpc) is 2.59. The van der Waals surface area contributed by atoms with Crippen molar-refractivity contribution in [3.05, 3.63) is 29.8 Å². The third-order valence-electron chi connectivity index (χ3n) is 3.70. The molecule has 0 radical (unpaired) electrons. The molecule has 0 aromatic heterocycles. The highest BCUT2D eigenvalue weighted by atomic mass is 32.2. The lowest BCUT2D eigenvalue weighted by Gasteiger charge is -2.23. The minimum atomic E-state index is -3.10. The van der Waals surface area contributed by atoms with Crippen molar-refractivity contribution in [3.63, 3.8) is 0 Å². The van der Waals surface area contributed by atoms with Crippen LogP contribution in [0.1, 0.15) is 31.7 Å². The summed E-state index contributed by atoms with van der Waals surface area (Å²) in [5.74, 6) is 1.08. The van der Waals surface area contributed by atoms with Gasteiger partial charge in [0.05, 0.1) is 10.6 Å². The fraction of sp³-hybridized carbons (Fsp3) is 0.571. The van der Waals surface area contributed by atoms with Crippen LogP contribution < -0.4 is 5.73 Å². The summed E-state index contributed by atoms with van der Waals surface area (Å²) in [6.45, 7) is 4.85. The van der Waals surface area contributed by atoms with Gasteiger partial charge >= 0.3 is 0 Å². The van der Waals surface area contributed by atoms with Crippen LogP contribution in [0.2, 0.25) is 0 Å². The molecular weight excluding hydrogens is 246 g/mol. The molecule has 0 fully saturated rings. The number of nitrogens with two attached hydrogens (primary N) is 1. The molecule has 2 rings (SSSR count). The summed E-state index contributed by atoms with van der Waals surface area (Å²) in [6.07, 6.45) is 0.977. The van der Waals surface area contributed by atoms with E-state index in [9.17, 15) is 8.42 Å². The standard InChI is InChI=1S/C14H21NO2S/c1-10(2)7-11(8-15)13-9-18(16,17)14-6-4-3-5-12(13)14/h3-6,10-11,13H,7-9,15H2,1-2H3. The first-order valence-corrected chi connectivity index (χ1v) is 8.12. The zero-order valence-corrected chi connectivity index (χ0v) is 11.8. The van der Waals surface area contributed by atoms with Crippen LogP contribution in [0.3, 0.4) is 0 Å². The summed E-state index contributed by atoms with van der Waals surface area (Å²) >= 11 is 0. The summed E-state index contributed by atoms with van der Waals surface area (Å²) in [7, 11) is -3.10. The lowest BCUT2D eigenvalue weighted by Crippen LogP contribution is -2.24. The topological polar surface area (TPSA) is 60.2 Å². The zero-order valence-electron chi connectivity index (χ0n) is 11.0. The van der Waals surface area contributed by atoms with Gasteiger partial charge < -0.3 is 5.73 Å². The highest BCUT2D eigenvalue weighted by molar-refractivity contribution is 7.91. The minimum Gasteiger partial charge on any atom is -0.330 e. The van der Waals surface area contributed by atoms with E-state index >= 15 is 0 Å². The zero-order chi connectivity index (χ0) is 13.3. The lowest BCUT2D eigenvalue weighted by atomic mass is 9.82. The fourth-order valence-corrected chi connectivity index (χ4v) is 4.87. The van der Waals surface area contributed by atoms with Crippen molar-refractivity contribution in [1.82, 2.24) is 0 Å². The monoisotopic (exact) mass is 267 g/mol. The second-order valence-corrected chi connectivity index (χ2v) is 7.55. The third kappa shape index (κ3) is 2.45. The molecule has 1 aromatic rings. The molecule has 0 spiro atoms.